The lowest BCUT2D eigenvalue weighted by molar-refractivity contribution is -0.384. The highest BCUT2D eigenvalue weighted by atomic mass is 16.6. The fourth-order valence-electron chi connectivity index (χ4n) is 2.27. The molecule has 0 unspecified atom stereocenters. The highest BCUT2D eigenvalue weighted by Crippen LogP contribution is 2.30. The second-order valence-corrected chi connectivity index (χ2v) is 5.64. The summed E-state index contributed by atoms with van der Waals surface area (Å²) >= 11 is 0. The molecule has 0 fully saturated rings. The first-order valence-electron chi connectivity index (χ1n) is 8.04. The van der Waals surface area contributed by atoms with Gasteiger partial charge in [-0.1, -0.05) is 0 Å². The molecule has 0 aliphatic carbocycles. The van der Waals surface area contributed by atoms with Gasteiger partial charge in [0.25, 0.3) is 11.6 Å². The second kappa shape index (κ2) is 8.71. The number of hydrogen-bond acceptors (Lipinski definition) is 8. The summed E-state index contributed by atoms with van der Waals surface area (Å²) in [6.07, 6.45) is -1.18. The molecule has 10 nitrogen and oxygen atoms in total. The van der Waals surface area contributed by atoms with Gasteiger partial charge in [-0.2, -0.15) is 0 Å². The number of methoxy groups -OCH3 is 2. The van der Waals surface area contributed by atoms with Crippen LogP contribution in [0, 0.1) is 10.1 Å². The molecule has 0 radical (unpaired) electrons. The predicted molar refractivity (Wildman–Crippen MR) is 101 cm³/mol. The highest BCUT2D eigenvalue weighted by Gasteiger charge is 2.22. The number of amides is 1. The molecule has 1 atom stereocenters. The number of nitrogens with two attached hydrogens (primary N) is 1. The van der Waals surface area contributed by atoms with Gasteiger partial charge in [0.15, 0.2) is 17.6 Å². The Morgan fingerprint density at radius 1 is 1.11 bits per heavy atom. The van der Waals surface area contributed by atoms with E-state index in [0.29, 0.717) is 17.2 Å². The zero-order valence-electron chi connectivity index (χ0n) is 15.4. The van der Waals surface area contributed by atoms with Crippen LogP contribution < -0.4 is 20.5 Å². The summed E-state index contributed by atoms with van der Waals surface area (Å²) in [5.41, 5.74) is 5.57. The molecule has 0 aliphatic heterocycles. The van der Waals surface area contributed by atoms with Crippen LogP contribution in [0.1, 0.15) is 17.3 Å². The Labute approximate surface area is 160 Å². The molecule has 0 heterocycles. The van der Waals surface area contributed by atoms with Crippen molar-refractivity contribution in [2.75, 3.05) is 25.3 Å². The third-order valence-electron chi connectivity index (χ3n) is 3.77. The Morgan fingerprint density at radius 3 is 2.39 bits per heavy atom. The first kappa shape index (κ1) is 20.5. The molecular formula is C18H19N3O7. The molecular weight excluding hydrogens is 370 g/mol. The van der Waals surface area contributed by atoms with Crippen molar-refractivity contribution >= 4 is 28.9 Å². The van der Waals surface area contributed by atoms with Gasteiger partial charge < -0.3 is 25.3 Å². The average molecular weight is 389 g/mol. The average Bonchev–Trinajstić information content (AvgIpc) is 2.67. The molecule has 0 bridgehead atoms. The van der Waals surface area contributed by atoms with E-state index in [4.69, 9.17) is 19.9 Å². The Balaban J connectivity index is 2.09. The predicted octanol–water partition coefficient (Wildman–Crippen LogP) is 2.38. The number of non-ortho nitro benzene ring substituents is 1. The number of carbonyl (C=O) groups excluding carboxylic acids is 2. The maximum Gasteiger partial charge on any atom is 0.341 e. The molecule has 1 amide bonds. The van der Waals surface area contributed by atoms with Crippen molar-refractivity contribution in [2.24, 2.45) is 0 Å². The van der Waals surface area contributed by atoms with E-state index in [1.165, 1.54) is 33.3 Å². The Kier molecular flexibility index (Phi) is 6.38. The number of esters is 1. The maximum absolute atomic E-state index is 12.3. The first-order chi connectivity index (χ1) is 13.3. The number of carbonyl (C=O) groups is 2. The summed E-state index contributed by atoms with van der Waals surface area (Å²) in [5.74, 6) is -0.656. The topological polar surface area (TPSA) is 143 Å². The van der Waals surface area contributed by atoms with Crippen LogP contribution in [0.4, 0.5) is 17.1 Å². The van der Waals surface area contributed by atoms with E-state index in [1.54, 1.807) is 18.2 Å². The molecule has 0 aromatic heterocycles. The number of nitro benzene ring substituents is 1. The van der Waals surface area contributed by atoms with E-state index >= 15 is 0 Å². The SMILES string of the molecule is COc1ccc(NC(=O)[C@H](C)OC(=O)c2cc([N+](=O)[O-])ccc2N)cc1OC. The van der Waals surface area contributed by atoms with Crippen molar-refractivity contribution < 1.29 is 28.7 Å². The minimum Gasteiger partial charge on any atom is -0.493 e. The number of anilines is 2. The number of benzene rings is 2. The minimum absolute atomic E-state index is 0.00287. The van der Waals surface area contributed by atoms with Crippen LogP contribution in [0.25, 0.3) is 0 Å². The molecule has 2 aromatic carbocycles. The smallest absolute Gasteiger partial charge is 0.341 e. The summed E-state index contributed by atoms with van der Waals surface area (Å²) in [7, 11) is 2.94. The van der Waals surface area contributed by atoms with Crippen molar-refractivity contribution in [1.82, 2.24) is 0 Å². The zero-order valence-corrected chi connectivity index (χ0v) is 15.4. The third kappa shape index (κ3) is 4.67. The van der Waals surface area contributed by atoms with Crippen LogP contribution in [0.3, 0.4) is 0 Å². The molecule has 2 rings (SSSR count). The summed E-state index contributed by atoms with van der Waals surface area (Å²) in [6.45, 7) is 1.36. The molecule has 0 saturated carbocycles. The highest BCUT2D eigenvalue weighted by molar-refractivity contribution is 6.00. The molecule has 0 aliphatic rings. The number of hydrogen-bond donors (Lipinski definition) is 2. The van der Waals surface area contributed by atoms with Crippen molar-refractivity contribution in [3.63, 3.8) is 0 Å². The summed E-state index contributed by atoms with van der Waals surface area (Å²) < 4.78 is 15.3. The van der Waals surface area contributed by atoms with Gasteiger partial charge in [-0.3, -0.25) is 14.9 Å². The largest absolute Gasteiger partial charge is 0.493 e. The van der Waals surface area contributed by atoms with Crippen LogP contribution in [-0.2, 0) is 9.53 Å². The monoisotopic (exact) mass is 389 g/mol. The van der Waals surface area contributed by atoms with E-state index in [2.05, 4.69) is 5.32 Å². The van der Waals surface area contributed by atoms with Gasteiger partial charge in [-0.25, -0.2) is 4.79 Å². The quantitative estimate of drug-likeness (QED) is 0.318. The van der Waals surface area contributed by atoms with Gasteiger partial charge in [0.1, 0.15) is 0 Å². The number of nitrogens with one attached hydrogen (secondary N) is 1. The molecule has 3 N–H and O–H groups in total. The van der Waals surface area contributed by atoms with Crippen molar-refractivity contribution in [3.05, 3.63) is 52.1 Å². The van der Waals surface area contributed by atoms with Crippen LogP contribution in [0.5, 0.6) is 11.5 Å². The number of ether oxygens (including phenoxy) is 3. The van der Waals surface area contributed by atoms with E-state index in [-0.39, 0.29) is 16.9 Å². The molecule has 0 spiro atoms. The zero-order chi connectivity index (χ0) is 20.8. The van der Waals surface area contributed by atoms with Crippen LogP contribution in [0.15, 0.2) is 36.4 Å². The second-order valence-electron chi connectivity index (χ2n) is 5.64. The van der Waals surface area contributed by atoms with E-state index in [0.717, 1.165) is 6.07 Å². The molecule has 28 heavy (non-hydrogen) atoms. The Hall–Kier alpha value is -3.82. The van der Waals surface area contributed by atoms with E-state index in [9.17, 15) is 19.7 Å². The minimum atomic E-state index is -1.18. The number of nitrogens with zero attached hydrogens (tertiary/aromatic N) is 1. The molecule has 2 aromatic rings. The lowest BCUT2D eigenvalue weighted by Gasteiger charge is -2.15. The Morgan fingerprint density at radius 2 is 1.79 bits per heavy atom. The van der Waals surface area contributed by atoms with Crippen molar-refractivity contribution in [1.29, 1.82) is 0 Å². The van der Waals surface area contributed by atoms with Crippen molar-refractivity contribution in [3.8, 4) is 11.5 Å². The van der Waals surface area contributed by atoms with Crippen LogP contribution >= 0.6 is 0 Å². The van der Waals surface area contributed by atoms with Gasteiger partial charge in [-0.05, 0) is 25.1 Å². The van der Waals surface area contributed by atoms with Gasteiger partial charge in [0.05, 0.1) is 24.7 Å². The number of nitro groups is 1. The van der Waals surface area contributed by atoms with E-state index < -0.39 is 22.9 Å². The van der Waals surface area contributed by atoms with Gasteiger partial charge in [0, 0.05) is 29.6 Å². The first-order valence-corrected chi connectivity index (χ1v) is 8.04. The van der Waals surface area contributed by atoms with E-state index in [1.807, 2.05) is 0 Å². The lowest BCUT2D eigenvalue weighted by atomic mass is 10.1. The lowest BCUT2D eigenvalue weighted by Crippen LogP contribution is -2.30. The molecule has 10 heteroatoms. The van der Waals surface area contributed by atoms with Gasteiger partial charge in [-0.15, -0.1) is 0 Å². The summed E-state index contributed by atoms with van der Waals surface area (Å²) in [6, 6.07) is 8.13. The number of nitrogen functional groups attached to an aromatic ring is 1. The molecule has 148 valence electrons. The fraction of sp³-hybridized carbons (Fsp3) is 0.222. The van der Waals surface area contributed by atoms with Gasteiger partial charge in [0.2, 0.25) is 0 Å². The molecule has 0 saturated heterocycles. The number of rotatable bonds is 7. The fourth-order valence-corrected chi connectivity index (χ4v) is 2.27. The Bertz CT molecular complexity index is 914. The summed E-state index contributed by atoms with van der Waals surface area (Å²) in [5, 5.41) is 13.4. The van der Waals surface area contributed by atoms with Gasteiger partial charge >= 0.3 is 5.97 Å². The normalized spacial score (nSPS) is 11.2. The summed E-state index contributed by atoms with van der Waals surface area (Å²) in [4.78, 5) is 34.7. The van der Waals surface area contributed by atoms with Crippen LogP contribution in [-0.4, -0.2) is 37.1 Å². The maximum atomic E-state index is 12.3. The third-order valence-corrected chi connectivity index (χ3v) is 3.77. The standard InChI is InChI=1S/C18H19N3O7/c1-10(17(22)20-11-4-7-15(26-2)16(8-11)27-3)28-18(23)13-9-12(21(24)25)5-6-14(13)19/h4-10H,19H2,1-3H3,(H,20,22)/t10-/m0/s1. The van der Waals surface area contributed by atoms with Crippen molar-refractivity contribution in [2.45, 2.75) is 13.0 Å². The van der Waals surface area contributed by atoms with Crippen LogP contribution in [0.2, 0.25) is 0 Å².